The molecule has 2 aliphatic rings. The van der Waals surface area contributed by atoms with E-state index in [0.29, 0.717) is 63.9 Å². The molecule has 0 radical (unpaired) electrons. The van der Waals surface area contributed by atoms with Gasteiger partial charge in [0.25, 0.3) is 0 Å². The smallest absolute Gasteiger partial charge is 0.381 e. The maximum atomic E-state index is 13.0. The molecule has 2 fully saturated rings. The van der Waals surface area contributed by atoms with Gasteiger partial charge in [-0.25, -0.2) is 0 Å². The van der Waals surface area contributed by atoms with E-state index in [2.05, 4.69) is 10.6 Å². The lowest BCUT2D eigenvalue weighted by atomic mass is 9.83. The first kappa shape index (κ1) is 26.3. The Morgan fingerprint density at radius 2 is 1.47 bits per heavy atom. The van der Waals surface area contributed by atoms with Crippen LogP contribution in [-0.4, -0.2) is 36.6 Å². The second-order valence-electron chi connectivity index (χ2n) is 9.01. The minimum absolute atomic E-state index is 0.0109. The molecule has 1 heterocycles. The van der Waals surface area contributed by atoms with E-state index >= 15 is 0 Å². The zero-order valence-electron chi connectivity index (χ0n) is 18.3. The molecule has 12 heteroatoms. The standard InChI is InChI=1S/C22H27F6N3O3/c23-21(24,25)14-10-15(22(26,27)28)12-17(11-14)30-18(32)9-13-1-3-16(4-2-13)31-19(33)20(29)5-7-34-8-6-20/h10-13,16H,1-9,29H2,(H,30,32)(H,31,33)/t13-,16+. The van der Waals surface area contributed by atoms with Crippen LogP contribution < -0.4 is 16.4 Å². The summed E-state index contributed by atoms with van der Waals surface area (Å²) in [7, 11) is 0. The number of carbonyl (C=O) groups is 2. The van der Waals surface area contributed by atoms with Gasteiger partial charge in [-0.15, -0.1) is 0 Å². The fraction of sp³-hybridized carbons (Fsp3) is 0.636. The Morgan fingerprint density at radius 3 is 1.97 bits per heavy atom. The maximum Gasteiger partial charge on any atom is 0.416 e. The molecule has 2 amide bonds. The number of amides is 2. The van der Waals surface area contributed by atoms with Gasteiger partial charge in [0.05, 0.1) is 16.7 Å². The summed E-state index contributed by atoms with van der Waals surface area (Å²) in [5.74, 6) is -0.999. The Morgan fingerprint density at radius 1 is 0.941 bits per heavy atom. The minimum Gasteiger partial charge on any atom is -0.381 e. The molecule has 1 saturated heterocycles. The van der Waals surface area contributed by atoms with E-state index in [1.807, 2.05) is 0 Å². The Hall–Kier alpha value is -2.34. The highest BCUT2D eigenvalue weighted by atomic mass is 19.4. The molecular weight excluding hydrogens is 468 g/mol. The van der Waals surface area contributed by atoms with Crippen molar-refractivity contribution in [2.45, 2.75) is 68.9 Å². The van der Waals surface area contributed by atoms with Crippen LogP contribution in [0.1, 0.15) is 56.1 Å². The van der Waals surface area contributed by atoms with Gasteiger partial charge in [-0.3, -0.25) is 9.59 Å². The van der Waals surface area contributed by atoms with Gasteiger partial charge in [0, 0.05) is 31.4 Å². The van der Waals surface area contributed by atoms with Gasteiger partial charge in [0.2, 0.25) is 11.8 Å². The number of ether oxygens (including phenoxy) is 1. The number of nitrogens with two attached hydrogens (primary N) is 1. The molecule has 190 valence electrons. The van der Waals surface area contributed by atoms with Crippen molar-refractivity contribution < 1.29 is 40.7 Å². The molecule has 1 saturated carbocycles. The third-order valence-corrected chi connectivity index (χ3v) is 6.36. The number of benzene rings is 1. The predicted octanol–water partition coefficient (Wildman–Crippen LogP) is 4.24. The highest BCUT2D eigenvalue weighted by Gasteiger charge is 2.38. The summed E-state index contributed by atoms with van der Waals surface area (Å²) in [6.45, 7) is 0.838. The Kier molecular flexibility index (Phi) is 7.81. The van der Waals surface area contributed by atoms with Crippen LogP contribution in [0.4, 0.5) is 32.0 Å². The molecule has 1 aliphatic carbocycles. The number of hydrogen-bond donors (Lipinski definition) is 3. The van der Waals surface area contributed by atoms with Crippen molar-refractivity contribution in [3.63, 3.8) is 0 Å². The van der Waals surface area contributed by atoms with Gasteiger partial charge in [0.1, 0.15) is 0 Å². The van der Waals surface area contributed by atoms with E-state index < -0.39 is 40.6 Å². The molecule has 1 aromatic carbocycles. The zero-order chi connectivity index (χ0) is 25.1. The number of rotatable bonds is 5. The van der Waals surface area contributed by atoms with E-state index in [0.717, 1.165) is 0 Å². The fourth-order valence-corrected chi connectivity index (χ4v) is 4.30. The van der Waals surface area contributed by atoms with Gasteiger partial charge in [-0.2, -0.15) is 26.3 Å². The lowest BCUT2D eigenvalue weighted by molar-refractivity contribution is -0.143. The quantitative estimate of drug-likeness (QED) is 0.533. The van der Waals surface area contributed by atoms with Crippen LogP contribution in [0.2, 0.25) is 0 Å². The van der Waals surface area contributed by atoms with Crippen molar-refractivity contribution in [2.75, 3.05) is 18.5 Å². The van der Waals surface area contributed by atoms with E-state index in [-0.39, 0.29) is 30.4 Å². The molecule has 4 N–H and O–H groups in total. The first-order chi connectivity index (χ1) is 15.8. The van der Waals surface area contributed by atoms with Crippen molar-refractivity contribution in [2.24, 2.45) is 11.7 Å². The summed E-state index contributed by atoms with van der Waals surface area (Å²) in [5.41, 5.74) is 1.68. The van der Waals surface area contributed by atoms with Crippen LogP contribution in [0.3, 0.4) is 0 Å². The van der Waals surface area contributed by atoms with Gasteiger partial charge in [-0.05, 0) is 62.6 Å². The summed E-state index contributed by atoms with van der Waals surface area (Å²) in [4.78, 5) is 24.9. The number of carbonyl (C=O) groups excluding carboxylic acids is 2. The molecule has 3 rings (SSSR count). The average molecular weight is 495 g/mol. The first-order valence-electron chi connectivity index (χ1n) is 11.0. The van der Waals surface area contributed by atoms with Crippen LogP contribution in [0.25, 0.3) is 0 Å². The summed E-state index contributed by atoms with van der Waals surface area (Å²) in [6, 6.07) is 0.876. The second-order valence-corrected chi connectivity index (χ2v) is 9.01. The molecule has 0 spiro atoms. The minimum atomic E-state index is -4.99. The maximum absolute atomic E-state index is 13.0. The topological polar surface area (TPSA) is 93.5 Å². The van der Waals surface area contributed by atoms with E-state index in [1.54, 1.807) is 0 Å². The van der Waals surface area contributed by atoms with Gasteiger partial charge >= 0.3 is 12.4 Å². The monoisotopic (exact) mass is 495 g/mol. The SMILES string of the molecule is NC1(C(=O)N[C@H]2CC[C@@H](CC(=O)Nc3cc(C(F)(F)F)cc(C(F)(F)F)c3)CC2)CCOCC1. The van der Waals surface area contributed by atoms with Crippen LogP contribution in [0.15, 0.2) is 18.2 Å². The molecule has 34 heavy (non-hydrogen) atoms. The Labute approximate surface area is 192 Å². The lowest BCUT2D eigenvalue weighted by Crippen LogP contribution is -2.59. The molecule has 6 nitrogen and oxygen atoms in total. The number of halogens is 6. The van der Waals surface area contributed by atoms with Crippen LogP contribution in [0, 0.1) is 5.92 Å². The van der Waals surface area contributed by atoms with Gasteiger partial charge in [-0.1, -0.05) is 0 Å². The van der Waals surface area contributed by atoms with Gasteiger partial charge < -0.3 is 21.1 Å². The lowest BCUT2D eigenvalue weighted by Gasteiger charge is -2.35. The summed E-state index contributed by atoms with van der Waals surface area (Å²) in [6.07, 6.45) is -6.82. The predicted molar refractivity (Wildman–Crippen MR) is 111 cm³/mol. The van der Waals surface area contributed by atoms with Crippen molar-refractivity contribution in [1.29, 1.82) is 0 Å². The average Bonchev–Trinajstić information content (AvgIpc) is 2.74. The number of anilines is 1. The summed E-state index contributed by atoms with van der Waals surface area (Å²) >= 11 is 0. The van der Waals surface area contributed by atoms with Crippen LogP contribution in [-0.2, 0) is 26.7 Å². The summed E-state index contributed by atoms with van der Waals surface area (Å²) < 4.78 is 83.2. The molecule has 1 aromatic rings. The van der Waals surface area contributed by atoms with E-state index in [9.17, 15) is 35.9 Å². The molecule has 0 atom stereocenters. The highest BCUT2D eigenvalue weighted by molar-refractivity contribution is 5.91. The Bertz CT molecular complexity index is 857. The van der Waals surface area contributed by atoms with Crippen molar-refractivity contribution in [1.82, 2.24) is 5.32 Å². The molecule has 0 unspecified atom stereocenters. The molecule has 0 aromatic heterocycles. The zero-order valence-corrected chi connectivity index (χ0v) is 18.3. The first-order valence-corrected chi connectivity index (χ1v) is 11.0. The molecular formula is C22H27F6N3O3. The van der Waals surface area contributed by atoms with Crippen molar-refractivity contribution in [3.05, 3.63) is 29.3 Å². The Balaban J connectivity index is 1.53. The van der Waals surface area contributed by atoms with Crippen molar-refractivity contribution in [3.8, 4) is 0 Å². The van der Waals surface area contributed by atoms with E-state index in [4.69, 9.17) is 10.5 Å². The summed E-state index contributed by atoms with van der Waals surface area (Å²) in [5, 5.41) is 5.12. The number of hydrogen-bond acceptors (Lipinski definition) is 4. The number of alkyl halides is 6. The molecule has 1 aliphatic heterocycles. The van der Waals surface area contributed by atoms with Crippen LogP contribution in [0.5, 0.6) is 0 Å². The highest BCUT2D eigenvalue weighted by Crippen LogP contribution is 2.38. The normalized spacial score (nSPS) is 23.3. The second kappa shape index (κ2) is 10.1. The molecule has 0 bridgehead atoms. The van der Waals surface area contributed by atoms with Crippen molar-refractivity contribution >= 4 is 17.5 Å². The van der Waals surface area contributed by atoms with Gasteiger partial charge in [0.15, 0.2) is 0 Å². The van der Waals surface area contributed by atoms with Crippen LogP contribution >= 0.6 is 0 Å². The fourth-order valence-electron chi connectivity index (χ4n) is 4.30. The number of nitrogens with one attached hydrogen (secondary N) is 2. The largest absolute Gasteiger partial charge is 0.416 e. The third-order valence-electron chi connectivity index (χ3n) is 6.36. The third kappa shape index (κ3) is 6.84. The van der Waals surface area contributed by atoms with E-state index in [1.165, 1.54) is 0 Å².